The fraction of sp³-hybridized carbons (Fsp3) is 0.235. The highest BCUT2D eigenvalue weighted by molar-refractivity contribution is 5.95. The van der Waals surface area contributed by atoms with Crippen molar-refractivity contribution < 1.29 is 13.9 Å². The normalized spacial score (nSPS) is 10.4. The van der Waals surface area contributed by atoms with Crippen LogP contribution in [0.1, 0.15) is 28.4 Å². The van der Waals surface area contributed by atoms with Crippen LogP contribution in [0.4, 0.5) is 4.39 Å². The first kappa shape index (κ1) is 14.3. The maximum Gasteiger partial charge on any atom is 0.159 e. The lowest BCUT2D eigenvalue weighted by Gasteiger charge is -2.13. The van der Waals surface area contributed by atoms with Gasteiger partial charge in [-0.3, -0.25) is 4.79 Å². The zero-order chi connectivity index (χ0) is 14.9. The summed E-state index contributed by atoms with van der Waals surface area (Å²) in [5.41, 5.74) is 3.58. The van der Waals surface area contributed by atoms with Gasteiger partial charge in [-0.1, -0.05) is 0 Å². The van der Waals surface area contributed by atoms with Crippen molar-refractivity contribution in [2.45, 2.75) is 20.8 Å². The molecule has 0 aliphatic carbocycles. The average Bonchev–Trinajstić information content (AvgIpc) is 2.41. The molecular weight excluding hydrogens is 255 g/mol. The van der Waals surface area contributed by atoms with Crippen molar-refractivity contribution >= 4 is 5.78 Å². The Kier molecular flexibility index (Phi) is 3.89. The molecule has 0 spiro atoms. The predicted octanol–water partition coefficient (Wildman–Crippen LogP) is 4.32. The third-order valence-corrected chi connectivity index (χ3v) is 3.40. The number of Topliss-reactive ketones (excluding diaryl/α,β-unsaturated/α-hetero) is 1. The number of ketones is 1. The lowest BCUT2D eigenvalue weighted by atomic mass is 9.95. The summed E-state index contributed by atoms with van der Waals surface area (Å²) in [6.07, 6.45) is 0. The van der Waals surface area contributed by atoms with E-state index in [1.165, 1.54) is 19.1 Å². The second-order valence-electron chi connectivity index (χ2n) is 4.89. The van der Waals surface area contributed by atoms with Crippen molar-refractivity contribution in [2.24, 2.45) is 0 Å². The molecule has 0 aromatic heterocycles. The number of halogens is 1. The Balaban J connectivity index is 2.65. The molecule has 0 heterocycles. The first-order valence-corrected chi connectivity index (χ1v) is 6.40. The molecule has 2 nitrogen and oxygen atoms in total. The van der Waals surface area contributed by atoms with Crippen LogP contribution in [0.5, 0.6) is 5.75 Å². The molecule has 0 radical (unpaired) electrons. The van der Waals surface area contributed by atoms with Crippen LogP contribution in [-0.2, 0) is 0 Å². The molecule has 2 rings (SSSR count). The molecule has 0 aliphatic rings. The minimum atomic E-state index is -0.331. The Morgan fingerprint density at radius 3 is 2.35 bits per heavy atom. The maximum absolute atomic E-state index is 14.1. The summed E-state index contributed by atoms with van der Waals surface area (Å²) in [6, 6.07) is 8.21. The molecule has 0 N–H and O–H groups in total. The molecule has 0 atom stereocenters. The molecule has 0 saturated carbocycles. The summed E-state index contributed by atoms with van der Waals surface area (Å²) < 4.78 is 19.3. The smallest absolute Gasteiger partial charge is 0.159 e. The monoisotopic (exact) mass is 272 g/mol. The summed E-state index contributed by atoms with van der Waals surface area (Å²) in [5, 5.41) is 0. The standard InChI is InChI=1S/C17H17FO2/c1-10-8-17(20-4)11(2)7-14(10)15-9-13(12(3)19)5-6-16(15)18/h5-9H,1-4H3. The van der Waals surface area contributed by atoms with Gasteiger partial charge in [-0.15, -0.1) is 0 Å². The van der Waals surface area contributed by atoms with Gasteiger partial charge in [0.2, 0.25) is 0 Å². The van der Waals surface area contributed by atoms with E-state index in [-0.39, 0.29) is 11.6 Å². The van der Waals surface area contributed by atoms with Crippen LogP contribution in [0.15, 0.2) is 30.3 Å². The van der Waals surface area contributed by atoms with Crippen molar-refractivity contribution in [3.63, 3.8) is 0 Å². The van der Waals surface area contributed by atoms with Crippen LogP contribution < -0.4 is 4.74 Å². The third kappa shape index (κ3) is 2.57. The lowest BCUT2D eigenvalue weighted by molar-refractivity contribution is 0.101. The minimum Gasteiger partial charge on any atom is -0.496 e. The van der Waals surface area contributed by atoms with Gasteiger partial charge in [0.05, 0.1) is 7.11 Å². The topological polar surface area (TPSA) is 26.3 Å². The Morgan fingerprint density at radius 2 is 1.75 bits per heavy atom. The molecule has 0 fully saturated rings. The minimum absolute atomic E-state index is 0.0749. The number of hydrogen-bond acceptors (Lipinski definition) is 2. The Morgan fingerprint density at radius 1 is 1.05 bits per heavy atom. The van der Waals surface area contributed by atoms with E-state index >= 15 is 0 Å². The molecule has 0 unspecified atom stereocenters. The van der Waals surface area contributed by atoms with Crippen LogP contribution in [0.3, 0.4) is 0 Å². The SMILES string of the molecule is COc1cc(C)c(-c2cc(C(C)=O)ccc2F)cc1C. The third-order valence-electron chi connectivity index (χ3n) is 3.40. The predicted molar refractivity (Wildman–Crippen MR) is 77.9 cm³/mol. The van der Waals surface area contributed by atoms with Crippen LogP contribution >= 0.6 is 0 Å². The first-order chi connectivity index (χ1) is 9.43. The van der Waals surface area contributed by atoms with Gasteiger partial charge >= 0.3 is 0 Å². The van der Waals surface area contributed by atoms with Crippen LogP contribution in [-0.4, -0.2) is 12.9 Å². The first-order valence-electron chi connectivity index (χ1n) is 6.40. The van der Waals surface area contributed by atoms with Gasteiger partial charge in [0, 0.05) is 11.1 Å². The summed E-state index contributed by atoms with van der Waals surface area (Å²) >= 11 is 0. The van der Waals surface area contributed by atoms with Gasteiger partial charge in [-0.05, 0) is 67.8 Å². The van der Waals surface area contributed by atoms with Crippen molar-refractivity contribution in [3.05, 3.63) is 52.8 Å². The molecule has 0 aliphatic heterocycles. The highest BCUT2D eigenvalue weighted by atomic mass is 19.1. The van der Waals surface area contributed by atoms with Crippen molar-refractivity contribution in [1.29, 1.82) is 0 Å². The molecule has 20 heavy (non-hydrogen) atoms. The summed E-state index contributed by atoms with van der Waals surface area (Å²) in [4.78, 5) is 11.5. The highest BCUT2D eigenvalue weighted by Gasteiger charge is 2.13. The number of ether oxygens (including phenoxy) is 1. The summed E-state index contributed by atoms with van der Waals surface area (Å²) in [6.45, 7) is 5.29. The lowest BCUT2D eigenvalue weighted by Crippen LogP contribution is -1.97. The number of carbonyl (C=O) groups excluding carboxylic acids is 1. The average molecular weight is 272 g/mol. The summed E-state index contributed by atoms with van der Waals surface area (Å²) in [7, 11) is 1.61. The van der Waals surface area contributed by atoms with Crippen molar-refractivity contribution in [3.8, 4) is 16.9 Å². The van der Waals surface area contributed by atoms with Crippen molar-refractivity contribution in [2.75, 3.05) is 7.11 Å². The zero-order valence-electron chi connectivity index (χ0n) is 12.1. The van der Waals surface area contributed by atoms with Gasteiger partial charge in [0.15, 0.2) is 5.78 Å². The number of hydrogen-bond donors (Lipinski definition) is 0. The van der Waals surface area contributed by atoms with Gasteiger partial charge in [0.1, 0.15) is 11.6 Å². The van der Waals surface area contributed by atoms with E-state index < -0.39 is 0 Å². The second-order valence-corrected chi connectivity index (χ2v) is 4.89. The van der Waals surface area contributed by atoms with E-state index in [9.17, 15) is 9.18 Å². The van der Waals surface area contributed by atoms with E-state index in [0.717, 1.165) is 22.4 Å². The summed E-state index contributed by atoms with van der Waals surface area (Å²) in [5.74, 6) is 0.367. The molecule has 3 heteroatoms. The van der Waals surface area contributed by atoms with E-state index in [4.69, 9.17) is 4.74 Å². The van der Waals surface area contributed by atoms with E-state index in [1.54, 1.807) is 13.2 Å². The fourth-order valence-corrected chi connectivity index (χ4v) is 2.25. The Bertz CT molecular complexity index is 675. The Hall–Kier alpha value is -2.16. The molecule has 0 bridgehead atoms. The van der Waals surface area contributed by atoms with Crippen LogP contribution in [0.25, 0.3) is 11.1 Å². The number of benzene rings is 2. The van der Waals surface area contributed by atoms with E-state index in [0.29, 0.717) is 11.1 Å². The van der Waals surface area contributed by atoms with Gasteiger partial charge in [-0.25, -0.2) is 4.39 Å². The highest BCUT2D eigenvalue weighted by Crippen LogP contribution is 2.32. The Labute approximate surface area is 118 Å². The number of aryl methyl sites for hydroxylation is 2. The van der Waals surface area contributed by atoms with E-state index in [1.807, 2.05) is 26.0 Å². The zero-order valence-corrected chi connectivity index (χ0v) is 12.1. The van der Waals surface area contributed by atoms with Crippen LogP contribution in [0.2, 0.25) is 0 Å². The number of carbonyl (C=O) groups is 1. The molecule has 2 aromatic carbocycles. The quantitative estimate of drug-likeness (QED) is 0.778. The van der Waals surface area contributed by atoms with Crippen LogP contribution in [0, 0.1) is 19.7 Å². The van der Waals surface area contributed by atoms with Gasteiger partial charge < -0.3 is 4.74 Å². The largest absolute Gasteiger partial charge is 0.496 e. The fourth-order valence-electron chi connectivity index (χ4n) is 2.25. The van der Waals surface area contributed by atoms with Crippen molar-refractivity contribution in [1.82, 2.24) is 0 Å². The molecule has 104 valence electrons. The number of methoxy groups -OCH3 is 1. The molecule has 2 aromatic rings. The molecule has 0 saturated heterocycles. The number of rotatable bonds is 3. The van der Waals surface area contributed by atoms with E-state index in [2.05, 4.69) is 0 Å². The molecular formula is C17H17FO2. The second kappa shape index (κ2) is 5.45. The maximum atomic E-state index is 14.1. The molecule has 0 amide bonds. The van der Waals surface area contributed by atoms with Gasteiger partial charge in [-0.2, -0.15) is 0 Å². The van der Waals surface area contributed by atoms with Gasteiger partial charge in [0.25, 0.3) is 0 Å².